The van der Waals surface area contributed by atoms with Crippen molar-refractivity contribution in [3.05, 3.63) is 11.9 Å². The van der Waals surface area contributed by atoms with Gasteiger partial charge in [0.05, 0.1) is 19.8 Å². The molecule has 6 heteroatoms. The third-order valence-corrected chi connectivity index (χ3v) is 2.29. The Hall–Kier alpha value is -1.40. The number of methoxy groups -OCH3 is 2. The number of nitrogens with zero attached hydrogens (tertiary/aromatic N) is 3. The van der Waals surface area contributed by atoms with Gasteiger partial charge in [-0.1, -0.05) is 0 Å². The predicted octanol–water partition coefficient (Wildman–Crippen LogP) is 0.145. The highest BCUT2D eigenvalue weighted by Crippen LogP contribution is 2.22. The van der Waals surface area contributed by atoms with Crippen LogP contribution in [0.25, 0.3) is 0 Å². The van der Waals surface area contributed by atoms with Crippen LogP contribution in [0.3, 0.4) is 0 Å². The highest BCUT2D eigenvalue weighted by Gasteiger charge is 2.11. The molecule has 17 heavy (non-hydrogen) atoms. The highest BCUT2D eigenvalue weighted by molar-refractivity contribution is 5.34. The van der Waals surface area contributed by atoms with Gasteiger partial charge < -0.3 is 19.7 Å². The maximum Gasteiger partial charge on any atom is 0.224 e. The topological polar surface area (TPSA) is 59.5 Å². The van der Waals surface area contributed by atoms with Gasteiger partial charge in [0.25, 0.3) is 0 Å². The minimum Gasteiger partial charge on any atom is -0.481 e. The standard InChI is InChI=1S/C11H20N4O2/c1-15(2)6-5-12-7-9-10(16-3)13-8-14-11(9)17-4/h8,12H,5-7H2,1-4H3. The molecular weight excluding hydrogens is 220 g/mol. The van der Waals surface area contributed by atoms with Crippen LogP contribution < -0.4 is 14.8 Å². The van der Waals surface area contributed by atoms with Crippen LogP contribution in [-0.4, -0.2) is 56.3 Å². The third kappa shape index (κ3) is 4.16. The monoisotopic (exact) mass is 240 g/mol. The maximum absolute atomic E-state index is 5.18. The number of likely N-dealkylation sites (N-methyl/N-ethyl adjacent to an activating group) is 1. The van der Waals surface area contributed by atoms with Crippen LogP contribution in [0, 0.1) is 0 Å². The summed E-state index contributed by atoms with van der Waals surface area (Å²) < 4.78 is 10.4. The minimum absolute atomic E-state index is 0.550. The van der Waals surface area contributed by atoms with Crippen LogP contribution in [0.1, 0.15) is 5.56 Å². The molecule has 0 fully saturated rings. The molecule has 0 aliphatic rings. The fourth-order valence-corrected chi connectivity index (χ4v) is 1.40. The molecule has 0 spiro atoms. The quantitative estimate of drug-likeness (QED) is 0.684. The van der Waals surface area contributed by atoms with Crippen LogP contribution in [0.2, 0.25) is 0 Å². The molecule has 0 saturated heterocycles. The summed E-state index contributed by atoms with van der Waals surface area (Å²) >= 11 is 0. The molecule has 0 saturated carbocycles. The Morgan fingerprint density at radius 1 is 1.18 bits per heavy atom. The van der Waals surface area contributed by atoms with Gasteiger partial charge in [-0.25, -0.2) is 9.97 Å². The first kappa shape index (κ1) is 13.7. The first-order valence-corrected chi connectivity index (χ1v) is 5.46. The summed E-state index contributed by atoms with van der Waals surface area (Å²) in [4.78, 5) is 10.2. The smallest absolute Gasteiger partial charge is 0.224 e. The molecule has 0 radical (unpaired) electrons. The van der Waals surface area contributed by atoms with Crippen molar-refractivity contribution in [2.45, 2.75) is 6.54 Å². The second-order valence-electron chi connectivity index (χ2n) is 3.85. The molecule has 0 aromatic carbocycles. The van der Waals surface area contributed by atoms with Crippen molar-refractivity contribution in [2.75, 3.05) is 41.4 Å². The molecular formula is C11H20N4O2. The molecule has 1 N–H and O–H groups in total. The molecule has 0 aliphatic carbocycles. The number of nitrogens with one attached hydrogen (secondary N) is 1. The fraction of sp³-hybridized carbons (Fsp3) is 0.636. The molecule has 0 atom stereocenters. The lowest BCUT2D eigenvalue weighted by Gasteiger charge is -2.13. The lowest BCUT2D eigenvalue weighted by Crippen LogP contribution is -2.26. The van der Waals surface area contributed by atoms with Crippen LogP contribution in [0.5, 0.6) is 11.8 Å². The van der Waals surface area contributed by atoms with E-state index >= 15 is 0 Å². The van der Waals surface area contributed by atoms with E-state index in [0.717, 1.165) is 18.7 Å². The van der Waals surface area contributed by atoms with Crippen LogP contribution in [0.4, 0.5) is 0 Å². The Labute approximate surface area is 102 Å². The molecule has 96 valence electrons. The van der Waals surface area contributed by atoms with Crippen molar-refractivity contribution >= 4 is 0 Å². The molecule has 1 rings (SSSR count). The zero-order valence-corrected chi connectivity index (χ0v) is 10.9. The highest BCUT2D eigenvalue weighted by atomic mass is 16.5. The Bertz CT molecular complexity index is 322. The number of rotatable bonds is 7. The Kier molecular flexibility index (Phi) is 5.65. The SMILES string of the molecule is COc1ncnc(OC)c1CNCCN(C)C. The Morgan fingerprint density at radius 3 is 2.24 bits per heavy atom. The number of hydrogen-bond acceptors (Lipinski definition) is 6. The summed E-state index contributed by atoms with van der Waals surface area (Å²) in [6, 6.07) is 0. The van der Waals surface area contributed by atoms with E-state index in [1.54, 1.807) is 14.2 Å². The lowest BCUT2D eigenvalue weighted by molar-refractivity contribution is 0.356. The first-order chi connectivity index (χ1) is 8.19. The molecule has 6 nitrogen and oxygen atoms in total. The Morgan fingerprint density at radius 2 is 1.76 bits per heavy atom. The second kappa shape index (κ2) is 7.03. The zero-order valence-electron chi connectivity index (χ0n) is 10.9. The van der Waals surface area contributed by atoms with E-state index in [1.807, 2.05) is 14.1 Å². The first-order valence-electron chi connectivity index (χ1n) is 5.46. The van der Waals surface area contributed by atoms with Crippen molar-refractivity contribution in [1.29, 1.82) is 0 Å². The average molecular weight is 240 g/mol. The van der Waals surface area contributed by atoms with Crippen molar-refractivity contribution in [3.63, 3.8) is 0 Å². The molecule has 0 amide bonds. The summed E-state index contributed by atoms with van der Waals surface area (Å²) in [5.74, 6) is 1.10. The summed E-state index contributed by atoms with van der Waals surface area (Å²) in [5.41, 5.74) is 0.844. The van der Waals surface area contributed by atoms with Gasteiger partial charge in [-0.3, -0.25) is 0 Å². The minimum atomic E-state index is 0.550. The number of hydrogen-bond donors (Lipinski definition) is 1. The van der Waals surface area contributed by atoms with Gasteiger partial charge in [-0.15, -0.1) is 0 Å². The van der Waals surface area contributed by atoms with Crippen LogP contribution in [0.15, 0.2) is 6.33 Å². The number of ether oxygens (including phenoxy) is 2. The van der Waals surface area contributed by atoms with E-state index in [4.69, 9.17) is 9.47 Å². The maximum atomic E-state index is 5.18. The van der Waals surface area contributed by atoms with Crippen molar-refractivity contribution in [3.8, 4) is 11.8 Å². The van der Waals surface area contributed by atoms with E-state index in [2.05, 4.69) is 20.2 Å². The molecule has 0 unspecified atom stereocenters. The van der Waals surface area contributed by atoms with Gasteiger partial charge in [-0.05, 0) is 14.1 Å². The molecule has 1 heterocycles. The van der Waals surface area contributed by atoms with Gasteiger partial charge in [0, 0.05) is 19.6 Å². The van der Waals surface area contributed by atoms with Gasteiger partial charge >= 0.3 is 0 Å². The molecule has 1 aromatic rings. The predicted molar refractivity (Wildman–Crippen MR) is 65.4 cm³/mol. The fourth-order valence-electron chi connectivity index (χ4n) is 1.40. The average Bonchev–Trinajstić information content (AvgIpc) is 2.34. The molecule has 0 bridgehead atoms. The molecule has 0 aliphatic heterocycles. The van der Waals surface area contributed by atoms with Crippen LogP contribution in [-0.2, 0) is 6.54 Å². The van der Waals surface area contributed by atoms with Gasteiger partial charge in [-0.2, -0.15) is 0 Å². The summed E-state index contributed by atoms with van der Waals surface area (Å²) in [7, 11) is 7.25. The summed E-state index contributed by atoms with van der Waals surface area (Å²) in [6.45, 7) is 2.48. The van der Waals surface area contributed by atoms with Crippen LogP contribution >= 0.6 is 0 Å². The van der Waals surface area contributed by atoms with E-state index in [-0.39, 0.29) is 0 Å². The largest absolute Gasteiger partial charge is 0.481 e. The van der Waals surface area contributed by atoms with Gasteiger partial charge in [0.2, 0.25) is 11.8 Å². The third-order valence-electron chi connectivity index (χ3n) is 2.29. The van der Waals surface area contributed by atoms with Crippen molar-refractivity contribution < 1.29 is 9.47 Å². The van der Waals surface area contributed by atoms with E-state index in [1.165, 1.54) is 6.33 Å². The van der Waals surface area contributed by atoms with E-state index < -0.39 is 0 Å². The number of aromatic nitrogens is 2. The molecule has 1 aromatic heterocycles. The normalized spacial score (nSPS) is 10.6. The summed E-state index contributed by atoms with van der Waals surface area (Å²) in [6.07, 6.45) is 1.43. The van der Waals surface area contributed by atoms with Crippen molar-refractivity contribution in [2.24, 2.45) is 0 Å². The van der Waals surface area contributed by atoms with Crippen molar-refractivity contribution in [1.82, 2.24) is 20.2 Å². The summed E-state index contributed by atoms with van der Waals surface area (Å²) in [5, 5.41) is 3.30. The van der Waals surface area contributed by atoms with E-state index in [0.29, 0.717) is 18.3 Å². The zero-order chi connectivity index (χ0) is 12.7. The van der Waals surface area contributed by atoms with Gasteiger partial charge in [0.15, 0.2) is 0 Å². The lowest BCUT2D eigenvalue weighted by atomic mass is 10.3. The second-order valence-corrected chi connectivity index (χ2v) is 3.85. The van der Waals surface area contributed by atoms with E-state index in [9.17, 15) is 0 Å². The van der Waals surface area contributed by atoms with Gasteiger partial charge in [0.1, 0.15) is 6.33 Å². The Balaban J connectivity index is 2.61.